The highest BCUT2D eigenvalue weighted by molar-refractivity contribution is 8.10. The first kappa shape index (κ1) is 12.2. The SMILES string of the molecule is COCCN(CCOC)C(=S)S. The number of hydrogen-bond acceptors (Lipinski definition) is 3. The number of ether oxygens (including phenoxy) is 2. The maximum Gasteiger partial charge on any atom is 0.133 e. The monoisotopic (exact) mass is 209 g/mol. The van der Waals surface area contributed by atoms with Gasteiger partial charge in [0.1, 0.15) is 4.32 Å². The molecular weight excluding hydrogens is 194 g/mol. The van der Waals surface area contributed by atoms with Crippen molar-refractivity contribution < 1.29 is 9.47 Å². The lowest BCUT2D eigenvalue weighted by Crippen LogP contribution is -2.32. The largest absolute Gasteiger partial charge is 0.383 e. The van der Waals surface area contributed by atoms with E-state index in [9.17, 15) is 0 Å². The average molecular weight is 209 g/mol. The van der Waals surface area contributed by atoms with Gasteiger partial charge in [-0.25, -0.2) is 0 Å². The Balaban J connectivity index is 3.62. The Hall–Kier alpha value is 0.160. The van der Waals surface area contributed by atoms with Crippen molar-refractivity contribution in [2.24, 2.45) is 0 Å². The molecule has 0 unspecified atom stereocenters. The van der Waals surface area contributed by atoms with Crippen molar-refractivity contribution in [3.8, 4) is 0 Å². The maximum atomic E-state index is 4.93. The summed E-state index contributed by atoms with van der Waals surface area (Å²) in [6.07, 6.45) is 0. The van der Waals surface area contributed by atoms with Crippen LogP contribution in [0.2, 0.25) is 0 Å². The van der Waals surface area contributed by atoms with Gasteiger partial charge in [0.05, 0.1) is 13.2 Å². The van der Waals surface area contributed by atoms with Gasteiger partial charge in [-0.1, -0.05) is 12.2 Å². The molecule has 0 aromatic rings. The van der Waals surface area contributed by atoms with Gasteiger partial charge in [0.25, 0.3) is 0 Å². The third kappa shape index (κ3) is 5.77. The van der Waals surface area contributed by atoms with Gasteiger partial charge >= 0.3 is 0 Å². The average Bonchev–Trinajstić information content (AvgIpc) is 2.04. The fraction of sp³-hybridized carbons (Fsp3) is 0.857. The lowest BCUT2D eigenvalue weighted by Gasteiger charge is -2.21. The third-order valence-electron chi connectivity index (χ3n) is 1.40. The normalized spacial score (nSPS) is 9.92. The van der Waals surface area contributed by atoms with E-state index in [2.05, 4.69) is 12.6 Å². The van der Waals surface area contributed by atoms with Gasteiger partial charge < -0.3 is 14.4 Å². The highest BCUT2D eigenvalue weighted by Gasteiger charge is 2.04. The standard InChI is InChI=1S/C7H15NO2S2/c1-9-5-3-8(7(11)12)4-6-10-2/h3-6H2,1-2H3,(H,11,12). The number of hydrogen-bond donors (Lipinski definition) is 1. The van der Waals surface area contributed by atoms with E-state index < -0.39 is 0 Å². The molecule has 0 fully saturated rings. The summed E-state index contributed by atoms with van der Waals surface area (Å²) in [5.41, 5.74) is 0. The molecule has 0 aromatic heterocycles. The van der Waals surface area contributed by atoms with Crippen LogP contribution in [0.15, 0.2) is 0 Å². The van der Waals surface area contributed by atoms with Crippen LogP contribution in [0.5, 0.6) is 0 Å². The van der Waals surface area contributed by atoms with Crippen molar-refractivity contribution in [1.82, 2.24) is 4.90 Å². The molecule has 0 amide bonds. The van der Waals surface area contributed by atoms with Gasteiger partial charge in [-0.15, -0.1) is 12.6 Å². The van der Waals surface area contributed by atoms with Crippen LogP contribution in [0.25, 0.3) is 0 Å². The van der Waals surface area contributed by atoms with Gasteiger partial charge in [0, 0.05) is 27.3 Å². The molecule has 0 bridgehead atoms. The second-order valence-electron chi connectivity index (χ2n) is 2.26. The van der Waals surface area contributed by atoms with Gasteiger partial charge in [-0.2, -0.15) is 0 Å². The Labute approximate surface area is 84.4 Å². The van der Waals surface area contributed by atoms with Crippen molar-refractivity contribution >= 4 is 29.2 Å². The van der Waals surface area contributed by atoms with E-state index in [0.29, 0.717) is 17.5 Å². The lowest BCUT2D eigenvalue weighted by molar-refractivity contribution is 0.148. The summed E-state index contributed by atoms with van der Waals surface area (Å²) in [5.74, 6) is 0. The van der Waals surface area contributed by atoms with Crippen molar-refractivity contribution in [3.05, 3.63) is 0 Å². The molecule has 3 nitrogen and oxygen atoms in total. The molecule has 0 aliphatic heterocycles. The highest BCUT2D eigenvalue weighted by atomic mass is 32.1. The molecule has 5 heteroatoms. The molecule has 0 atom stereocenters. The first-order chi connectivity index (χ1) is 5.72. The molecule has 0 spiro atoms. The highest BCUT2D eigenvalue weighted by Crippen LogP contribution is 1.96. The van der Waals surface area contributed by atoms with Crippen LogP contribution in [-0.2, 0) is 9.47 Å². The summed E-state index contributed by atoms with van der Waals surface area (Å²) >= 11 is 9.01. The third-order valence-corrected chi connectivity index (χ3v) is 1.94. The molecule has 0 heterocycles. The Kier molecular flexibility index (Phi) is 7.89. The van der Waals surface area contributed by atoms with Crippen molar-refractivity contribution in [2.75, 3.05) is 40.5 Å². The molecule has 0 saturated heterocycles. The number of methoxy groups -OCH3 is 2. The first-order valence-corrected chi connectivity index (χ1v) is 4.53. The number of thiol groups is 1. The summed E-state index contributed by atoms with van der Waals surface area (Å²) in [5, 5.41) is 0. The van der Waals surface area contributed by atoms with Gasteiger partial charge in [0.2, 0.25) is 0 Å². The summed E-state index contributed by atoms with van der Waals surface area (Å²) < 4.78 is 10.4. The van der Waals surface area contributed by atoms with Gasteiger partial charge in [0.15, 0.2) is 0 Å². The fourth-order valence-corrected chi connectivity index (χ4v) is 1.09. The summed E-state index contributed by atoms with van der Waals surface area (Å²) in [6, 6.07) is 0. The first-order valence-electron chi connectivity index (χ1n) is 3.68. The number of nitrogens with zero attached hydrogens (tertiary/aromatic N) is 1. The van der Waals surface area contributed by atoms with Crippen LogP contribution in [0.4, 0.5) is 0 Å². The topological polar surface area (TPSA) is 21.7 Å². The summed E-state index contributed by atoms with van der Waals surface area (Å²) in [7, 11) is 3.33. The zero-order valence-corrected chi connectivity index (χ0v) is 9.16. The molecular formula is C7H15NO2S2. The molecule has 72 valence electrons. The van der Waals surface area contributed by atoms with E-state index in [1.54, 1.807) is 14.2 Å². The number of thiocarbonyl (C=S) groups is 1. The van der Waals surface area contributed by atoms with Crippen LogP contribution in [0, 0.1) is 0 Å². The van der Waals surface area contributed by atoms with E-state index in [1.807, 2.05) is 4.90 Å². The summed E-state index contributed by atoms with van der Waals surface area (Å²) in [6.45, 7) is 2.85. The Morgan fingerprint density at radius 2 is 1.67 bits per heavy atom. The molecule has 12 heavy (non-hydrogen) atoms. The van der Waals surface area contributed by atoms with E-state index >= 15 is 0 Å². The Morgan fingerprint density at radius 3 is 1.92 bits per heavy atom. The van der Waals surface area contributed by atoms with Crippen LogP contribution >= 0.6 is 24.8 Å². The maximum absolute atomic E-state index is 4.93. The smallest absolute Gasteiger partial charge is 0.133 e. The molecule has 0 aliphatic rings. The second-order valence-corrected chi connectivity index (χ2v) is 3.37. The molecule has 0 N–H and O–H groups in total. The Morgan fingerprint density at radius 1 is 1.25 bits per heavy atom. The van der Waals surface area contributed by atoms with E-state index in [-0.39, 0.29) is 0 Å². The van der Waals surface area contributed by atoms with Crippen LogP contribution in [0.1, 0.15) is 0 Å². The summed E-state index contributed by atoms with van der Waals surface area (Å²) in [4.78, 5) is 1.94. The second kappa shape index (κ2) is 7.79. The fourth-order valence-electron chi connectivity index (χ4n) is 0.706. The quantitative estimate of drug-likeness (QED) is 0.516. The van der Waals surface area contributed by atoms with Crippen LogP contribution in [0.3, 0.4) is 0 Å². The van der Waals surface area contributed by atoms with Crippen molar-refractivity contribution in [1.29, 1.82) is 0 Å². The minimum absolute atomic E-state index is 0.587. The van der Waals surface area contributed by atoms with Crippen LogP contribution in [-0.4, -0.2) is 49.7 Å². The molecule has 0 aliphatic carbocycles. The predicted octanol–water partition coefficient (Wildman–Crippen LogP) is 0.796. The molecule has 0 aromatic carbocycles. The van der Waals surface area contributed by atoms with Crippen LogP contribution < -0.4 is 0 Å². The minimum Gasteiger partial charge on any atom is -0.383 e. The van der Waals surface area contributed by atoms with E-state index in [1.165, 1.54) is 0 Å². The van der Waals surface area contributed by atoms with Gasteiger partial charge in [-0.05, 0) is 0 Å². The lowest BCUT2D eigenvalue weighted by atomic mass is 10.5. The Bertz CT molecular complexity index is 125. The van der Waals surface area contributed by atoms with E-state index in [4.69, 9.17) is 21.7 Å². The minimum atomic E-state index is 0.587. The zero-order valence-electron chi connectivity index (χ0n) is 7.45. The predicted molar refractivity (Wildman–Crippen MR) is 56.9 cm³/mol. The van der Waals surface area contributed by atoms with Gasteiger partial charge in [-0.3, -0.25) is 0 Å². The molecule has 0 rings (SSSR count). The molecule has 0 radical (unpaired) electrons. The zero-order chi connectivity index (χ0) is 9.40. The molecule has 0 saturated carbocycles. The van der Waals surface area contributed by atoms with Crippen molar-refractivity contribution in [3.63, 3.8) is 0 Å². The van der Waals surface area contributed by atoms with Crippen molar-refractivity contribution in [2.45, 2.75) is 0 Å². The van der Waals surface area contributed by atoms with E-state index in [0.717, 1.165) is 13.1 Å². The number of rotatable bonds is 6.